The van der Waals surface area contributed by atoms with Gasteiger partial charge in [0.2, 0.25) is 17.7 Å². The largest absolute Gasteiger partial charge is 0.478 e. The molecule has 1 N–H and O–H groups in total. The van der Waals surface area contributed by atoms with Crippen LogP contribution in [0.1, 0.15) is 60.1 Å². The maximum absolute atomic E-state index is 14.5. The van der Waals surface area contributed by atoms with Crippen LogP contribution < -0.4 is 10.1 Å². The molecule has 3 fully saturated rings. The molecule has 8 rings (SSSR count). The van der Waals surface area contributed by atoms with Gasteiger partial charge >= 0.3 is 6.18 Å². The molecule has 6 bridgehead atoms. The van der Waals surface area contributed by atoms with Gasteiger partial charge in [-0.2, -0.15) is 13.2 Å². The maximum Gasteiger partial charge on any atom is 0.416 e. The second-order valence-electron chi connectivity index (χ2n) is 15.1. The van der Waals surface area contributed by atoms with E-state index in [1.54, 1.807) is 41.4 Å². The molecule has 0 radical (unpaired) electrons. The van der Waals surface area contributed by atoms with Gasteiger partial charge < -0.3 is 24.6 Å². The van der Waals surface area contributed by atoms with Crippen LogP contribution in [-0.2, 0) is 27.1 Å². The molecule has 56 heavy (non-hydrogen) atoms. The number of aromatic nitrogens is 4. The van der Waals surface area contributed by atoms with Crippen molar-refractivity contribution in [1.82, 2.24) is 35.1 Å². The summed E-state index contributed by atoms with van der Waals surface area (Å²) in [5.74, 6) is -1.15. The van der Waals surface area contributed by atoms with E-state index in [-0.39, 0.29) is 91.3 Å². The molecule has 0 unspecified atom stereocenters. The first-order chi connectivity index (χ1) is 27.0. The Morgan fingerprint density at radius 1 is 0.982 bits per heavy atom. The minimum atomic E-state index is -4.68. The number of piperidine rings is 1. The molecule has 4 atom stereocenters. The summed E-state index contributed by atoms with van der Waals surface area (Å²) in [5, 5.41) is 11.3. The van der Waals surface area contributed by atoms with E-state index in [0.29, 0.717) is 43.2 Å². The summed E-state index contributed by atoms with van der Waals surface area (Å²) in [6.07, 6.45) is -0.0261. The highest BCUT2D eigenvalue weighted by molar-refractivity contribution is 5.99. The molecule has 3 amide bonds. The number of carbonyl (C=O) groups excluding carboxylic acids is 3. The standard InChI is InChI=1S/C40H41F4N7O5/c41-30-6-8-32(9-7-30)51-21-31(47-48-51)23-56-33-18-35-39(54)49-12-10-25(15-36(52)45-19-24-4-5-24)28(20-49)11-13-55-37-17-29(40(42,43)44)16-34(46-37)26-2-1-3-27(14-26)38(53)50(35)22-33/h1-3,6-9,14,16-17,21,24-25,28,33,35H,4-5,10-13,15,18-20,22-23H2,(H,45,52)/t25-,28+,33-,35+/m1/s1. The van der Waals surface area contributed by atoms with Crippen LogP contribution in [0.2, 0.25) is 0 Å². The van der Waals surface area contributed by atoms with E-state index >= 15 is 0 Å². The van der Waals surface area contributed by atoms with Gasteiger partial charge in [0.1, 0.15) is 17.6 Å². The van der Waals surface area contributed by atoms with Crippen molar-refractivity contribution in [3.63, 3.8) is 0 Å². The van der Waals surface area contributed by atoms with Gasteiger partial charge in [-0.3, -0.25) is 14.4 Å². The Hall–Kier alpha value is -5.38. The zero-order valence-electron chi connectivity index (χ0n) is 30.5. The van der Waals surface area contributed by atoms with Crippen molar-refractivity contribution in [2.45, 2.75) is 63.5 Å². The third-order valence-corrected chi connectivity index (χ3v) is 11.1. The Morgan fingerprint density at radius 2 is 1.79 bits per heavy atom. The van der Waals surface area contributed by atoms with E-state index in [1.807, 2.05) is 0 Å². The Kier molecular flexibility index (Phi) is 10.5. The molecule has 1 saturated carbocycles. The van der Waals surface area contributed by atoms with E-state index in [4.69, 9.17) is 9.47 Å². The summed E-state index contributed by atoms with van der Waals surface area (Å²) < 4.78 is 69.4. The molecule has 4 aromatic rings. The first kappa shape index (κ1) is 37.5. The van der Waals surface area contributed by atoms with Crippen molar-refractivity contribution < 1.29 is 41.4 Å². The highest BCUT2D eigenvalue weighted by Crippen LogP contribution is 2.36. The number of nitrogens with zero attached hydrogens (tertiary/aromatic N) is 6. The highest BCUT2D eigenvalue weighted by Gasteiger charge is 2.44. The Bertz CT molecular complexity index is 2090. The second-order valence-corrected chi connectivity index (χ2v) is 15.1. The number of benzene rings is 2. The van der Waals surface area contributed by atoms with E-state index < -0.39 is 29.8 Å². The van der Waals surface area contributed by atoms with Crippen LogP contribution in [0.4, 0.5) is 17.6 Å². The minimum Gasteiger partial charge on any atom is -0.478 e. The van der Waals surface area contributed by atoms with Crippen molar-refractivity contribution in [3.8, 4) is 22.8 Å². The van der Waals surface area contributed by atoms with Crippen molar-refractivity contribution in [1.29, 1.82) is 0 Å². The number of carbonyl (C=O) groups is 3. The molecule has 0 spiro atoms. The Morgan fingerprint density at radius 3 is 2.57 bits per heavy atom. The quantitative estimate of drug-likeness (QED) is 0.234. The van der Waals surface area contributed by atoms with Crippen molar-refractivity contribution >= 4 is 17.7 Å². The SMILES string of the molecule is O=C(C[C@H]1CCN2C[C@@H]1CCOc1cc(C(F)(F)F)cc(n1)-c1cccc(c1)C(=O)N1C[C@H](OCc3cn(-c4ccc(F)cc4)nn3)C[C@H]1C2=O)NCC1CC1. The molecule has 4 aliphatic rings. The molecular weight excluding hydrogens is 734 g/mol. The summed E-state index contributed by atoms with van der Waals surface area (Å²) in [6, 6.07) is 12.8. The van der Waals surface area contributed by atoms with E-state index in [9.17, 15) is 31.9 Å². The molecule has 294 valence electrons. The number of hydrogen-bond donors (Lipinski definition) is 1. The van der Waals surface area contributed by atoms with Crippen LogP contribution in [0.25, 0.3) is 16.9 Å². The zero-order valence-corrected chi connectivity index (χ0v) is 30.5. The van der Waals surface area contributed by atoms with Gasteiger partial charge in [0.15, 0.2) is 0 Å². The third-order valence-electron chi connectivity index (χ3n) is 11.1. The number of nitrogens with one attached hydrogen (secondary N) is 1. The van der Waals surface area contributed by atoms with Gasteiger partial charge in [-0.15, -0.1) is 5.10 Å². The van der Waals surface area contributed by atoms with Crippen molar-refractivity contribution in [3.05, 3.63) is 89.5 Å². The Labute approximate surface area is 320 Å². The first-order valence-electron chi connectivity index (χ1n) is 18.9. The van der Waals surface area contributed by atoms with E-state index in [2.05, 4.69) is 20.6 Å². The number of ether oxygens (including phenoxy) is 2. The number of amides is 3. The molecular formula is C40H41F4N7O5. The number of pyridine rings is 1. The lowest BCUT2D eigenvalue weighted by atomic mass is 9.81. The summed E-state index contributed by atoms with van der Waals surface area (Å²) in [4.78, 5) is 49.4. The zero-order chi connectivity index (χ0) is 39.0. The normalized spacial score (nSPS) is 22.8. The van der Waals surface area contributed by atoms with Crippen LogP contribution in [-0.4, -0.2) is 92.4 Å². The number of alkyl halides is 3. The molecule has 2 aromatic heterocycles. The topological polar surface area (TPSA) is 132 Å². The van der Waals surface area contributed by atoms with Crippen LogP contribution in [0.3, 0.4) is 0 Å². The minimum absolute atomic E-state index is 0.0189. The lowest BCUT2D eigenvalue weighted by Crippen LogP contribution is -2.52. The van der Waals surface area contributed by atoms with Crippen LogP contribution in [0.5, 0.6) is 5.88 Å². The monoisotopic (exact) mass is 775 g/mol. The predicted octanol–water partition coefficient (Wildman–Crippen LogP) is 5.45. The Balaban J connectivity index is 1.07. The third kappa shape index (κ3) is 8.54. The van der Waals surface area contributed by atoms with E-state index in [1.165, 1.54) is 27.8 Å². The molecule has 2 saturated heterocycles. The first-order valence-corrected chi connectivity index (χ1v) is 18.9. The lowest BCUT2D eigenvalue weighted by Gasteiger charge is -2.40. The van der Waals surface area contributed by atoms with Gasteiger partial charge in [-0.25, -0.2) is 14.1 Å². The molecule has 12 nitrogen and oxygen atoms in total. The van der Waals surface area contributed by atoms with Gasteiger partial charge in [-0.05, 0) is 85.9 Å². The number of rotatable bonds is 8. The molecule has 2 aromatic carbocycles. The van der Waals surface area contributed by atoms with Gasteiger partial charge in [0, 0.05) is 56.2 Å². The second kappa shape index (κ2) is 15.6. The molecule has 1 aliphatic carbocycles. The van der Waals surface area contributed by atoms with Gasteiger partial charge in [-0.1, -0.05) is 17.3 Å². The number of halogens is 4. The molecule has 16 heteroatoms. The maximum atomic E-state index is 14.5. The summed E-state index contributed by atoms with van der Waals surface area (Å²) in [5.41, 5.74) is 0.583. The predicted molar refractivity (Wildman–Crippen MR) is 193 cm³/mol. The fourth-order valence-electron chi connectivity index (χ4n) is 7.83. The van der Waals surface area contributed by atoms with Crippen LogP contribution in [0.15, 0.2) is 66.9 Å². The summed E-state index contributed by atoms with van der Waals surface area (Å²) in [6.45, 7) is 1.43. The average molecular weight is 776 g/mol. The fourth-order valence-corrected chi connectivity index (χ4v) is 7.83. The highest BCUT2D eigenvalue weighted by atomic mass is 19.4. The smallest absolute Gasteiger partial charge is 0.416 e. The summed E-state index contributed by atoms with van der Waals surface area (Å²) >= 11 is 0. The number of fused-ring (bicyclic) bond motifs is 8. The van der Waals surface area contributed by atoms with Crippen molar-refractivity contribution in [2.75, 3.05) is 32.8 Å². The average Bonchev–Trinajstić information content (AvgIpc) is 3.73. The fraction of sp³-hybridized carbons (Fsp3) is 0.450. The molecule has 3 aliphatic heterocycles. The van der Waals surface area contributed by atoms with Gasteiger partial charge in [0.05, 0.1) is 42.5 Å². The van der Waals surface area contributed by atoms with Crippen LogP contribution >= 0.6 is 0 Å². The van der Waals surface area contributed by atoms with Gasteiger partial charge in [0.25, 0.3) is 5.91 Å². The summed E-state index contributed by atoms with van der Waals surface area (Å²) in [7, 11) is 0. The van der Waals surface area contributed by atoms with Crippen LogP contribution in [0, 0.1) is 23.6 Å². The van der Waals surface area contributed by atoms with E-state index in [0.717, 1.165) is 25.0 Å². The lowest BCUT2D eigenvalue weighted by molar-refractivity contribution is -0.139. The van der Waals surface area contributed by atoms with Crippen molar-refractivity contribution in [2.24, 2.45) is 17.8 Å². The number of hydrogen-bond acceptors (Lipinski definition) is 8. The molecule has 5 heterocycles.